The van der Waals surface area contributed by atoms with Crippen LogP contribution in [0.3, 0.4) is 0 Å². The lowest BCUT2D eigenvalue weighted by Crippen LogP contribution is -2.25. The maximum absolute atomic E-state index is 10.4. The van der Waals surface area contributed by atoms with Gasteiger partial charge in [-0.25, -0.2) is 4.79 Å². The maximum Gasteiger partial charge on any atom is 0.331 e. The number of aliphatic hydroxyl groups is 2. The Morgan fingerprint density at radius 3 is 1.92 bits per heavy atom. The molecule has 0 amide bonds. The largest absolute Gasteiger partial charge is 0.478 e. The number of rotatable bonds is 3. The lowest BCUT2D eigenvalue weighted by atomic mass is 10.0. The predicted octanol–water partition coefficient (Wildman–Crippen LogP) is 0.149. The van der Waals surface area contributed by atoms with Crippen molar-refractivity contribution in [3.63, 3.8) is 0 Å². The fourth-order valence-corrected chi connectivity index (χ4v) is 0.752. The average Bonchev–Trinajstić information content (AvgIpc) is 2.00. The standard InChI is InChI=1S/C8H14O4/c1-4(5(2)8(11)12)7(10)6(3)9/h6-7,9-10H,1-3H3,(H,11,12). The zero-order chi connectivity index (χ0) is 9.89. The van der Waals surface area contributed by atoms with Gasteiger partial charge in [-0.05, 0) is 26.3 Å². The molecule has 0 spiro atoms. The third-order valence-corrected chi connectivity index (χ3v) is 1.81. The number of hydrogen-bond acceptors (Lipinski definition) is 3. The van der Waals surface area contributed by atoms with Crippen LogP contribution in [0.15, 0.2) is 11.1 Å². The molecule has 0 aliphatic heterocycles. The molecule has 4 nitrogen and oxygen atoms in total. The Morgan fingerprint density at radius 2 is 1.67 bits per heavy atom. The predicted molar refractivity (Wildman–Crippen MR) is 43.7 cm³/mol. The van der Waals surface area contributed by atoms with Crippen LogP contribution in [0.4, 0.5) is 0 Å². The van der Waals surface area contributed by atoms with E-state index in [9.17, 15) is 9.90 Å². The number of hydrogen-bond donors (Lipinski definition) is 3. The number of aliphatic hydroxyl groups excluding tert-OH is 2. The quantitative estimate of drug-likeness (QED) is 0.532. The minimum absolute atomic E-state index is 0.0726. The zero-order valence-corrected chi connectivity index (χ0v) is 7.40. The summed E-state index contributed by atoms with van der Waals surface area (Å²) in [4.78, 5) is 10.4. The van der Waals surface area contributed by atoms with Gasteiger partial charge in [-0.1, -0.05) is 0 Å². The molecule has 0 radical (unpaired) electrons. The van der Waals surface area contributed by atoms with Crippen molar-refractivity contribution in [2.45, 2.75) is 33.0 Å². The van der Waals surface area contributed by atoms with E-state index in [0.717, 1.165) is 0 Å². The summed E-state index contributed by atoms with van der Waals surface area (Å²) < 4.78 is 0. The van der Waals surface area contributed by atoms with E-state index in [4.69, 9.17) is 10.2 Å². The molecule has 0 aromatic rings. The first-order valence-corrected chi connectivity index (χ1v) is 3.64. The summed E-state index contributed by atoms with van der Waals surface area (Å²) in [6, 6.07) is 0. The van der Waals surface area contributed by atoms with Gasteiger partial charge in [-0.15, -0.1) is 0 Å². The highest BCUT2D eigenvalue weighted by atomic mass is 16.4. The van der Waals surface area contributed by atoms with E-state index in [2.05, 4.69) is 0 Å². The first-order valence-electron chi connectivity index (χ1n) is 3.64. The average molecular weight is 174 g/mol. The Labute approximate surface area is 71.1 Å². The topological polar surface area (TPSA) is 77.8 Å². The van der Waals surface area contributed by atoms with E-state index in [0.29, 0.717) is 0 Å². The minimum atomic E-state index is -1.10. The highest BCUT2D eigenvalue weighted by Gasteiger charge is 2.17. The van der Waals surface area contributed by atoms with Gasteiger partial charge in [0.15, 0.2) is 0 Å². The van der Waals surface area contributed by atoms with Crippen molar-refractivity contribution < 1.29 is 20.1 Å². The van der Waals surface area contributed by atoms with Gasteiger partial charge in [0, 0.05) is 5.57 Å². The highest BCUT2D eigenvalue weighted by molar-refractivity contribution is 5.86. The van der Waals surface area contributed by atoms with Crippen LogP contribution < -0.4 is 0 Å². The summed E-state index contributed by atoms with van der Waals surface area (Å²) in [6.45, 7) is 4.29. The second-order valence-corrected chi connectivity index (χ2v) is 2.80. The molecule has 2 atom stereocenters. The third-order valence-electron chi connectivity index (χ3n) is 1.81. The van der Waals surface area contributed by atoms with Gasteiger partial charge in [-0.3, -0.25) is 0 Å². The first kappa shape index (κ1) is 11.1. The van der Waals surface area contributed by atoms with Gasteiger partial charge in [0.2, 0.25) is 0 Å². The van der Waals surface area contributed by atoms with Crippen LogP contribution in [0, 0.1) is 0 Å². The Morgan fingerprint density at radius 1 is 1.25 bits per heavy atom. The SMILES string of the molecule is CC(C(=O)O)=C(C)C(O)C(C)O. The molecule has 0 fully saturated rings. The molecular weight excluding hydrogens is 160 g/mol. The summed E-state index contributed by atoms with van der Waals surface area (Å²) in [5, 5.41) is 26.7. The van der Waals surface area contributed by atoms with Crippen LogP contribution in [0.1, 0.15) is 20.8 Å². The smallest absolute Gasteiger partial charge is 0.331 e. The van der Waals surface area contributed by atoms with Gasteiger partial charge in [0.1, 0.15) is 6.10 Å². The van der Waals surface area contributed by atoms with E-state index in [-0.39, 0.29) is 11.1 Å². The van der Waals surface area contributed by atoms with E-state index < -0.39 is 18.2 Å². The van der Waals surface area contributed by atoms with Gasteiger partial charge >= 0.3 is 5.97 Å². The molecular formula is C8H14O4. The van der Waals surface area contributed by atoms with Crippen LogP contribution in [-0.2, 0) is 4.79 Å². The Kier molecular flexibility index (Phi) is 3.92. The Hall–Kier alpha value is -0.870. The van der Waals surface area contributed by atoms with E-state index in [1.165, 1.54) is 20.8 Å². The van der Waals surface area contributed by atoms with Crippen LogP contribution >= 0.6 is 0 Å². The summed E-state index contributed by atoms with van der Waals surface area (Å²) in [7, 11) is 0. The molecule has 0 aromatic heterocycles. The van der Waals surface area contributed by atoms with Crippen molar-refractivity contribution in [2.24, 2.45) is 0 Å². The highest BCUT2D eigenvalue weighted by Crippen LogP contribution is 2.11. The van der Waals surface area contributed by atoms with Gasteiger partial charge in [0.05, 0.1) is 6.10 Å². The fraction of sp³-hybridized carbons (Fsp3) is 0.625. The third kappa shape index (κ3) is 2.64. The molecule has 0 bridgehead atoms. The molecule has 0 heterocycles. The zero-order valence-electron chi connectivity index (χ0n) is 7.40. The van der Waals surface area contributed by atoms with Crippen molar-refractivity contribution in [2.75, 3.05) is 0 Å². The molecule has 0 aliphatic carbocycles. The minimum Gasteiger partial charge on any atom is -0.478 e. The molecule has 0 saturated heterocycles. The first-order chi connectivity index (χ1) is 5.37. The number of carboxylic acids is 1. The van der Waals surface area contributed by atoms with Crippen LogP contribution in [0.25, 0.3) is 0 Å². The van der Waals surface area contributed by atoms with Crippen LogP contribution in [0.5, 0.6) is 0 Å². The van der Waals surface area contributed by atoms with Gasteiger partial charge < -0.3 is 15.3 Å². The molecule has 12 heavy (non-hydrogen) atoms. The monoisotopic (exact) mass is 174 g/mol. The molecule has 2 unspecified atom stereocenters. The van der Waals surface area contributed by atoms with Crippen molar-refractivity contribution in [1.29, 1.82) is 0 Å². The maximum atomic E-state index is 10.4. The molecule has 70 valence electrons. The summed E-state index contributed by atoms with van der Waals surface area (Å²) in [5.74, 6) is -1.08. The van der Waals surface area contributed by atoms with Crippen molar-refractivity contribution in [1.82, 2.24) is 0 Å². The summed E-state index contributed by atoms with van der Waals surface area (Å²) in [6.07, 6.45) is -2.04. The Balaban J connectivity index is 4.66. The molecule has 4 heteroatoms. The fourth-order valence-electron chi connectivity index (χ4n) is 0.752. The number of carboxylic acid groups (broad SMARTS) is 1. The van der Waals surface area contributed by atoms with Crippen molar-refractivity contribution in [3.8, 4) is 0 Å². The second-order valence-electron chi connectivity index (χ2n) is 2.80. The molecule has 0 aliphatic rings. The van der Waals surface area contributed by atoms with Crippen LogP contribution in [-0.4, -0.2) is 33.5 Å². The second kappa shape index (κ2) is 4.23. The van der Waals surface area contributed by atoms with Crippen molar-refractivity contribution >= 4 is 5.97 Å². The normalized spacial score (nSPS) is 18.1. The molecule has 0 aromatic carbocycles. The lowest BCUT2D eigenvalue weighted by Gasteiger charge is -2.15. The lowest BCUT2D eigenvalue weighted by molar-refractivity contribution is -0.132. The van der Waals surface area contributed by atoms with E-state index >= 15 is 0 Å². The van der Waals surface area contributed by atoms with Gasteiger partial charge in [0.25, 0.3) is 0 Å². The molecule has 0 rings (SSSR count). The Bertz CT molecular complexity index is 205. The summed E-state index contributed by atoms with van der Waals surface area (Å²) in [5.41, 5.74) is 0.362. The molecule has 0 saturated carbocycles. The number of aliphatic carboxylic acids is 1. The van der Waals surface area contributed by atoms with Crippen molar-refractivity contribution in [3.05, 3.63) is 11.1 Å². The molecule has 3 N–H and O–H groups in total. The summed E-state index contributed by atoms with van der Waals surface area (Å²) >= 11 is 0. The van der Waals surface area contributed by atoms with E-state index in [1.807, 2.05) is 0 Å². The van der Waals surface area contributed by atoms with E-state index in [1.54, 1.807) is 0 Å². The van der Waals surface area contributed by atoms with Crippen LogP contribution in [0.2, 0.25) is 0 Å². The number of carbonyl (C=O) groups is 1. The van der Waals surface area contributed by atoms with Gasteiger partial charge in [-0.2, -0.15) is 0 Å².